The van der Waals surface area contributed by atoms with Gasteiger partial charge in [-0.25, -0.2) is 4.79 Å². The zero-order valence-corrected chi connectivity index (χ0v) is 14.4. The molecule has 1 atom stereocenters. The molecule has 2 aromatic carbocycles. The van der Waals surface area contributed by atoms with Crippen molar-refractivity contribution >= 4 is 23.8 Å². The maximum atomic E-state index is 12.7. The van der Waals surface area contributed by atoms with E-state index in [0.717, 1.165) is 0 Å². The van der Waals surface area contributed by atoms with Crippen LogP contribution in [0.2, 0.25) is 0 Å². The number of hydrogen-bond acceptors (Lipinski definition) is 4. The minimum atomic E-state index is -1.77. The van der Waals surface area contributed by atoms with Crippen molar-refractivity contribution in [3.05, 3.63) is 71.8 Å². The summed E-state index contributed by atoms with van der Waals surface area (Å²) in [6.45, 7) is 0. The van der Waals surface area contributed by atoms with E-state index in [0.29, 0.717) is 16.0 Å². The van der Waals surface area contributed by atoms with Crippen LogP contribution in [0.15, 0.2) is 60.7 Å². The lowest BCUT2D eigenvalue weighted by Crippen LogP contribution is -2.50. The quantitative estimate of drug-likeness (QED) is 0.733. The monoisotopic (exact) mass is 369 g/mol. The number of amides is 2. The van der Waals surface area contributed by atoms with E-state index in [4.69, 9.17) is 5.11 Å². The molecule has 2 N–H and O–H groups in total. The van der Waals surface area contributed by atoms with Gasteiger partial charge in [-0.15, -0.1) is 0 Å². The fourth-order valence-corrected chi connectivity index (χ4v) is 2.65. The summed E-state index contributed by atoms with van der Waals surface area (Å²) in [6, 6.07) is 15.3. The minimum absolute atomic E-state index is 0.204. The highest BCUT2D eigenvalue weighted by Gasteiger charge is 2.36. The molecule has 1 unspecified atom stereocenters. The van der Waals surface area contributed by atoms with Crippen molar-refractivity contribution in [1.82, 2.24) is 4.90 Å². The molecule has 7 nitrogen and oxygen atoms in total. The molecule has 0 aliphatic heterocycles. The van der Waals surface area contributed by atoms with Gasteiger partial charge in [-0.2, -0.15) is 0 Å². The topological polar surface area (TPSA) is 112 Å². The summed E-state index contributed by atoms with van der Waals surface area (Å²) < 4.78 is 0. The first-order valence-corrected chi connectivity index (χ1v) is 8.26. The van der Waals surface area contributed by atoms with Crippen molar-refractivity contribution in [1.29, 1.82) is 0 Å². The van der Waals surface area contributed by atoms with E-state index < -0.39 is 36.2 Å². The SMILES string of the molecule is O=C(O)CC(C(=O)O)N(C(=O)Cc1ccccc1)C(=O)Cc1ccccc1. The van der Waals surface area contributed by atoms with Crippen molar-refractivity contribution in [3.8, 4) is 0 Å². The van der Waals surface area contributed by atoms with Gasteiger partial charge in [0.25, 0.3) is 0 Å². The van der Waals surface area contributed by atoms with Crippen LogP contribution < -0.4 is 0 Å². The van der Waals surface area contributed by atoms with Crippen molar-refractivity contribution in [3.63, 3.8) is 0 Å². The van der Waals surface area contributed by atoms with E-state index in [2.05, 4.69) is 0 Å². The standard InChI is InChI=1S/C20H19NO6/c22-17(11-14-7-3-1-4-8-14)21(16(20(26)27)13-19(24)25)18(23)12-15-9-5-2-6-10-15/h1-10,16H,11-13H2,(H,24,25)(H,26,27). The molecular formula is C20H19NO6. The minimum Gasteiger partial charge on any atom is -0.481 e. The number of imide groups is 1. The molecule has 0 saturated heterocycles. The summed E-state index contributed by atoms with van der Waals surface area (Å²) in [5.41, 5.74) is 1.19. The largest absolute Gasteiger partial charge is 0.481 e. The molecule has 0 saturated carbocycles. The molecule has 7 heteroatoms. The number of benzene rings is 2. The molecule has 0 radical (unpaired) electrons. The summed E-state index contributed by atoms with van der Waals surface area (Å²) in [4.78, 5) is 48.7. The van der Waals surface area contributed by atoms with Crippen LogP contribution >= 0.6 is 0 Å². The molecule has 0 heterocycles. The molecule has 140 valence electrons. The molecule has 0 aliphatic carbocycles. The lowest BCUT2D eigenvalue weighted by Gasteiger charge is -2.26. The van der Waals surface area contributed by atoms with Gasteiger partial charge in [0, 0.05) is 0 Å². The molecule has 0 aromatic heterocycles. The number of carboxylic acid groups (broad SMARTS) is 2. The smallest absolute Gasteiger partial charge is 0.327 e. The number of nitrogens with zero attached hydrogens (tertiary/aromatic N) is 1. The van der Waals surface area contributed by atoms with Crippen molar-refractivity contribution < 1.29 is 29.4 Å². The van der Waals surface area contributed by atoms with Gasteiger partial charge in [0.15, 0.2) is 0 Å². The molecule has 2 aromatic rings. The second kappa shape index (κ2) is 9.28. The number of carbonyl (C=O) groups excluding carboxylic acids is 2. The predicted molar refractivity (Wildman–Crippen MR) is 95.8 cm³/mol. The first-order valence-electron chi connectivity index (χ1n) is 8.26. The van der Waals surface area contributed by atoms with Crippen LogP contribution in [0.25, 0.3) is 0 Å². The van der Waals surface area contributed by atoms with Crippen molar-refractivity contribution in [2.45, 2.75) is 25.3 Å². The van der Waals surface area contributed by atoms with E-state index in [-0.39, 0.29) is 12.8 Å². The Kier molecular flexibility index (Phi) is 6.82. The molecule has 2 amide bonds. The summed E-state index contributed by atoms with van der Waals surface area (Å²) in [7, 11) is 0. The third kappa shape index (κ3) is 5.78. The lowest BCUT2D eigenvalue weighted by atomic mass is 10.1. The highest BCUT2D eigenvalue weighted by molar-refractivity contribution is 6.01. The van der Waals surface area contributed by atoms with E-state index >= 15 is 0 Å². The van der Waals surface area contributed by atoms with E-state index in [1.54, 1.807) is 60.7 Å². The molecule has 0 fully saturated rings. The Morgan fingerprint density at radius 1 is 0.741 bits per heavy atom. The fourth-order valence-electron chi connectivity index (χ4n) is 2.65. The zero-order chi connectivity index (χ0) is 19.8. The van der Waals surface area contributed by atoms with Gasteiger partial charge in [0.1, 0.15) is 6.04 Å². The fraction of sp³-hybridized carbons (Fsp3) is 0.200. The van der Waals surface area contributed by atoms with Crippen LogP contribution in [-0.4, -0.2) is 44.9 Å². The Hall–Kier alpha value is -3.48. The second-order valence-electron chi connectivity index (χ2n) is 5.93. The number of rotatable bonds is 8. The first-order chi connectivity index (χ1) is 12.9. The van der Waals surface area contributed by atoms with Gasteiger partial charge in [0.05, 0.1) is 19.3 Å². The molecule has 0 spiro atoms. The third-order valence-electron chi connectivity index (χ3n) is 3.90. The van der Waals surface area contributed by atoms with E-state index in [1.807, 2.05) is 0 Å². The van der Waals surface area contributed by atoms with E-state index in [1.165, 1.54) is 0 Å². The summed E-state index contributed by atoms with van der Waals surface area (Å²) in [6.07, 6.45) is -1.27. The van der Waals surface area contributed by atoms with Crippen LogP contribution in [0.1, 0.15) is 17.5 Å². The Balaban J connectivity index is 2.30. The average molecular weight is 369 g/mol. The highest BCUT2D eigenvalue weighted by atomic mass is 16.4. The van der Waals surface area contributed by atoms with Gasteiger partial charge >= 0.3 is 11.9 Å². The number of carbonyl (C=O) groups is 4. The predicted octanol–water partition coefficient (Wildman–Crippen LogP) is 1.75. The maximum Gasteiger partial charge on any atom is 0.327 e. The Bertz CT molecular complexity index is 765. The van der Waals surface area contributed by atoms with Crippen molar-refractivity contribution in [2.75, 3.05) is 0 Å². The molecular weight excluding hydrogens is 350 g/mol. The second-order valence-corrected chi connectivity index (χ2v) is 5.93. The number of aliphatic carboxylic acids is 2. The molecule has 0 bridgehead atoms. The summed E-state index contributed by atoms with van der Waals surface area (Å²) in [5, 5.41) is 18.4. The Morgan fingerprint density at radius 3 is 1.48 bits per heavy atom. The normalized spacial score (nSPS) is 11.4. The van der Waals surface area contributed by atoms with E-state index in [9.17, 15) is 24.3 Å². The summed E-state index contributed by atoms with van der Waals surface area (Å²) >= 11 is 0. The average Bonchev–Trinajstić information content (AvgIpc) is 2.62. The molecule has 0 aliphatic rings. The Morgan fingerprint density at radius 2 is 1.15 bits per heavy atom. The summed E-state index contributed by atoms with van der Waals surface area (Å²) in [5.74, 6) is -4.46. The molecule has 2 rings (SSSR count). The first kappa shape index (κ1) is 19.8. The lowest BCUT2D eigenvalue weighted by molar-refractivity contribution is -0.160. The van der Waals surface area contributed by atoms with Gasteiger partial charge in [-0.05, 0) is 11.1 Å². The van der Waals surface area contributed by atoms with Crippen LogP contribution in [0.3, 0.4) is 0 Å². The van der Waals surface area contributed by atoms with Crippen LogP contribution in [0.5, 0.6) is 0 Å². The number of carboxylic acids is 2. The maximum absolute atomic E-state index is 12.7. The van der Waals surface area contributed by atoms with Crippen molar-refractivity contribution in [2.24, 2.45) is 0 Å². The van der Waals surface area contributed by atoms with Gasteiger partial charge in [0.2, 0.25) is 11.8 Å². The Labute approximate surface area is 155 Å². The van der Waals surface area contributed by atoms with Gasteiger partial charge < -0.3 is 10.2 Å². The number of hydrogen-bond donors (Lipinski definition) is 2. The van der Waals surface area contributed by atoms with Crippen LogP contribution in [0.4, 0.5) is 0 Å². The van der Waals surface area contributed by atoms with Gasteiger partial charge in [-0.1, -0.05) is 60.7 Å². The van der Waals surface area contributed by atoms with Gasteiger partial charge in [-0.3, -0.25) is 19.3 Å². The van der Waals surface area contributed by atoms with Crippen LogP contribution in [-0.2, 0) is 32.0 Å². The zero-order valence-electron chi connectivity index (χ0n) is 14.4. The highest BCUT2D eigenvalue weighted by Crippen LogP contribution is 2.13. The van der Waals surface area contributed by atoms with Crippen LogP contribution in [0, 0.1) is 0 Å². The molecule has 27 heavy (non-hydrogen) atoms. The third-order valence-corrected chi connectivity index (χ3v) is 3.90.